The highest BCUT2D eigenvalue weighted by Crippen LogP contribution is 2.18. The summed E-state index contributed by atoms with van der Waals surface area (Å²) < 4.78 is 0. The van der Waals surface area contributed by atoms with Gasteiger partial charge in [0.1, 0.15) is 0 Å². The first kappa shape index (κ1) is 18.0. The predicted octanol–water partition coefficient (Wildman–Crippen LogP) is 2.73. The molecule has 0 aromatic carbocycles. The van der Waals surface area contributed by atoms with Crippen LogP contribution in [0, 0.1) is 6.92 Å². The average molecular weight is 379 g/mol. The number of hydrogen-bond donors (Lipinski definition) is 2. The number of nitrogens with one attached hydrogen (secondary N) is 2. The molecule has 134 valence electrons. The second-order valence-electron chi connectivity index (χ2n) is 6.20. The molecule has 1 fully saturated rings. The summed E-state index contributed by atoms with van der Waals surface area (Å²) in [7, 11) is 0. The third-order valence-corrected chi connectivity index (χ3v) is 6.11. The smallest absolute Gasteiger partial charge is 0.261 e. The third kappa shape index (κ3) is 4.65. The van der Waals surface area contributed by atoms with E-state index in [1.165, 1.54) is 22.7 Å². The van der Waals surface area contributed by atoms with Gasteiger partial charge in [-0.2, -0.15) is 0 Å². The van der Waals surface area contributed by atoms with Gasteiger partial charge in [0.15, 0.2) is 5.13 Å². The molecule has 25 heavy (non-hydrogen) atoms. The zero-order chi connectivity index (χ0) is 17.8. The van der Waals surface area contributed by atoms with Crippen LogP contribution in [0.5, 0.6) is 0 Å². The van der Waals surface area contributed by atoms with Crippen LogP contribution in [0.2, 0.25) is 0 Å². The minimum atomic E-state index is -0.208. The van der Waals surface area contributed by atoms with Gasteiger partial charge < -0.3 is 10.6 Å². The number of amides is 2. The Labute approximate surface area is 155 Å². The van der Waals surface area contributed by atoms with Crippen molar-refractivity contribution < 1.29 is 9.59 Å². The van der Waals surface area contributed by atoms with Gasteiger partial charge in [0.05, 0.1) is 10.9 Å². The van der Waals surface area contributed by atoms with Crippen molar-refractivity contribution >= 4 is 39.6 Å². The summed E-state index contributed by atoms with van der Waals surface area (Å²) in [6.45, 7) is 5.50. The number of hydrogen-bond acceptors (Lipinski definition) is 6. The second-order valence-corrected chi connectivity index (χ2v) is 8.38. The number of nitrogens with zero attached hydrogens (tertiary/aromatic N) is 2. The lowest BCUT2D eigenvalue weighted by Gasteiger charge is -2.35. The molecule has 1 unspecified atom stereocenters. The average Bonchev–Trinajstić information content (AvgIpc) is 3.26. The molecule has 1 aliphatic rings. The zero-order valence-corrected chi connectivity index (χ0v) is 16.0. The van der Waals surface area contributed by atoms with Crippen LogP contribution in [0.15, 0.2) is 23.7 Å². The molecule has 1 saturated heterocycles. The molecule has 0 radical (unpaired) electrons. The normalized spacial score (nSPS) is 17.2. The van der Waals surface area contributed by atoms with E-state index in [4.69, 9.17) is 0 Å². The largest absolute Gasteiger partial charge is 0.349 e. The van der Waals surface area contributed by atoms with E-state index in [-0.39, 0.29) is 23.9 Å². The molecule has 0 saturated carbocycles. The van der Waals surface area contributed by atoms with Crippen molar-refractivity contribution in [3.8, 4) is 0 Å². The van der Waals surface area contributed by atoms with Crippen molar-refractivity contribution in [1.82, 2.24) is 15.2 Å². The monoisotopic (exact) mass is 378 g/mol. The summed E-state index contributed by atoms with van der Waals surface area (Å²) in [5.74, 6) is -0.0300. The van der Waals surface area contributed by atoms with E-state index in [0.717, 1.165) is 35.7 Å². The van der Waals surface area contributed by atoms with Crippen LogP contribution in [-0.4, -0.2) is 46.9 Å². The number of likely N-dealkylation sites (tertiary alicyclic amines) is 1. The van der Waals surface area contributed by atoms with Crippen LogP contribution >= 0.6 is 22.7 Å². The van der Waals surface area contributed by atoms with Crippen LogP contribution < -0.4 is 10.6 Å². The number of carbonyl (C=O) groups excluding carboxylic acids is 2. The van der Waals surface area contributed by atoms with Crippen molar-refractivity contribution in [2.75, 3.05) is 18.4 Å². The van der Waals surface area contributed by atoms with Crippen LogP contribution in [-0.2, 0) is 4.79 Å². The quantitative estimate of drug-likeness (QED) is 0.839. The van der Waals surface area contributed by atoms with E-state index in [1.807, 2.05) is 31.4 Å². The summed E-state index contributed by atoms with van der Waals surface area (Å²) in [4.78, 5) is 32.7. The topological polar surface area (TPSA) is 74.3 Å². The lowest BCUT2D eigenvalue weighted by Crippen LogP contribution is -2.50. The molecule has 6 nitrogen and oxygen atoms in total. The molecule has 1 aliphatic heterocycles. The minimum Gasteiger partial charge on any atom is -0.349 e. The van der Waals surface area contributed by atoms with Gasteiger partial charge in [0.25, 0.3) is 5.91 Å². The van der Waals surface area contributed by atoms with E-state index < -0.39 is 0 Å². The van der Waals surface area contributed by atoms with Crippen molar-refractivity contribution in [1.29, 1.82) is 0 Å². The fourth-order valence-electron chi connectivity index (χ4n) is 2.91. The highest BCUT2D eigenvalue weighted by Gasteiger charge is 2.27. The Morgan fingerprint density at radius 3 is 2.68 bits per heavy atom. The Bertz CT molecular complexity index is 721. The van der Waals surface area contributed by atoms with Crippen LogP contribution in [0.1, 0.15) is 34.3 Å². The fourth-order valence-corrected chi connectivity index (χ4v) is 4.21. The molecule has 2 N–H and O–H groups in total. The van der Waals surface area contributed by atoms with Gasteiger partial charge in [-0.15, -0.1) is 22.7 Å². The molecular formula is C17H22N4O2S2. The Morgan fingerprint density at radius 1 is 1.32 bits per heavy atom. The number of aryl methyl sites for hydroxylation is 1. The SMILES string of the molecule is Cc1ccc(C(=O)NC2CCN(C(C)C(=O)Nc3nccs3)CC2)s1. The van der Waals surface area contributed by atoms with Gasteiger partial charge in [0.2, 0.25) is 5.91 Å². The summed E-state index contributed by atoms with van der Waals surface area (Å²) in [5, 5.41) is 8.42. The Balaban J connectivity index is 1.46. The third-order valence-electron chi connectivity index (χ3n) is 4.42. The van der Waals surface area contributed by atoms with E-state index in [2.05, 4.69) is 20.5 Å². The van der Waals surface area contributed by atoms with E-state index >= 15 is 0 Å². The van der Waals surface area contributed by atoms with Gasteiger partial charge in [-0.25, -0.2) is 4.98 Å². The Hall–Kier alpha value is -1.77. The van der Waals surface area contributed by atoms with E-state index in [1.54, 1.807) is 6.20 Å². The number of thiazole rings is 1. The molecular weight excluding hydrogens is 356 g/mol. The standard InChI is InChI=1S/C17H22N4O2S2/c1-11-3-4-14(25-11)16(23)19-13-5-8-21(9-6-13)12(2)15(22)20-17-18-7-10-24-17/h3-4,7,10,12-13H,5-6,8-9H2,1-2H3,(H,19,23)(H,18,20,22). The maximum atomic E-state index is 12.3. The van der Waals surface area contributed by atoms with Gasteiger partial charge in [-0.05, 0) is 38.8 Å². The van der Waals surface area contributed by atoms with Crippen molar-refractivity contribution in [3.63, 3.8) is 0 Å². The highest BCUT2D eigenvalue weighted by molar-refractivity contribution is 7.14. The first-order valence-corrected chi connectivity index (χ1v) is 10.0. The Morgan fingerprint density at radius 2 is 2.08 bits per heavy atom. The molecule has 1 atom stereocenters. The van der Waals surface area contributed by atoms with Crippen LogP contribution in [0.4, 0.5) is 5.13 Å². The summed E-state index contributed by atoms with van der Waals surface area (Å²) in [6.07, 6.45) is 3.38. The lowest BCUT2D eigenvalue weighted by atomic mass is 10.0. The molecule has 2 amide bonds. The Kier molecular flexibility index (Phi) is 5.82. The minimum absolute atomic E-state index is 0.00566. The number of rotatable bonds is 5. The van der Waals surface area contributed by atoms with Gasteiger partial charge >= 0.3 is 0 Å². The number of carbonyl (C=O) groups is 2. The van der Waals surface area contributed by atoms with Crippen molar-refractivity contribution in [2.24, 2.45) is 0 Å². The molecule has 8 heteroatoms. The van der Waals surface area contributed by atoms with Gasteiger partial charge in [-0.1, -0.05) is 0 Å². The fraction of sp³-hybridized carbons (Fsp3) is 0.471. The first-order valence-electron chi connectivity index (χ1n) is 8.34. The molecule has 0 aliphatic carbocycles. The van der Waals surface area contributed by atoms with Crippen molar-refractivity contribution in [2.45, 2.75) is 38.8 Å². The number of thiophene rings is 1. The lowest BCUT2D eigenvalue weighted by molar-refractivity contribution is -0.121. The van der Waals surface area contributed by atoms with E-state index in [0.29, 0.717) is 5.13 Å². The molecule has 2 aromatic heterocycles. The molecule has 0 bridgehead atoms. The highest BCUT2D eigenvalue weighted by atomic mass is 32.1. The predicted molar refractivity (Wildman–Crippen MR) is 101 cm³/mol. The first-order chi connectivity index (χ1) is 12.0. The van der Waals surface area contributed by atoms with Crippen LogP contribution in [0.25, 0.3) is 0 Å². The molecule has 2 aromatic rings. The summed E-state index contributed by atoms with van der Waals surface area (Å²) in [5.41, 5.74) is 0. The number of aromatic nitrogens is 1. The molecule has 0 spiro atoms. The van der Waals surface area contributed by atoms with Crippen molar-refractivity contribution in [3.05, 3.63) is 33.5 Å². The van der Waals surface area contributed by atoms with E-state index in [9.17, 15) is 9.59 Å². The number of anilines is 1. The number of piperidine rings is 1. The second kappa shape index (κ2) is 8.07. The molecule has 3 rings (SSSR count). The summed E-state index contributed by atoms with van der Waals surface area (Å²) in [6, 6.07) is 3.79. The summed E-state index contributed by atoms with van der Waals surface area (Å²) >= 11 is 2.93. The maximum Gasteiger partial charge on any atom is 0.261 e. The zero-order valence-electron chi connectivity index (χ0n) is 14.3. The van der Waals surface area contributed by atoms with Crippen LogP contribution in [0.3, 0.4) is 0 Å². The maximum absolute atomic E-state index is 12.3. The molecule has 3 heterocycles. The van der Waals surface area contributed by atoms with Gasteiger partial charge in [0, 0.05) is 35.6 Å². The van der Waals surface area contributed by atoms with Gasteiger partial charge in [-0.3, -0.25) is 14.5 Å².